The summed E-state index contributed by atoms with van der Waals surface area (Å²) in [7, 11) is 1.55. The van der Waals surface area contributed by atoms with Crippen LogP contribution < -0.4 is 14.8 Å². The molecule has 5 rings (SSSR count). The molecule has 4 saturated carbocycles. The van der Waals surface area contributed by atoms with Crippen molar-refractivity contribution in [2.45, 2.75) is 44.1 Å². The van der Waals surface area contributed by atoms with Crippen LogP contribution >= 0.6 is 0 Å². The number of methoxy groups -OCH3 is 1. The van der Waals surface area contributed by atoms with E-state index in [1.807, 2.05) is 0 Å². The third-order valence-corrected chi connectivity index (χ3v) is 6.15. The normalized spacial score (nSPS) is 32.3. The van der Waals surface area contributed by atoms with Crippen molar-refractivity contribution in [3.8, 4) is 11.5 Å². The summed E-state index contributed by atoms with van der Waals surface area (Å²) < 4.78 is 10.7. The van der Waals surface area contributed by atoms with E-state index < -0.39 is 0 Å². The van der Waals surface area contributed by atoms with Crippen molar-refractivity contribution >= 4 is 12.2 Å². The predicted molar refractivity (Wildman–Crippen MR) is 92.9 cm³/mol. The maximum absolute atomic E-state index is 12.5. The average molecular weight is 343 g/mol. The molecule has 0 saturated heterocycles. The molecule has 4 aliphatic carbocycles. The molecule has 1 aromatic rings. The number of aldehydes is 1. The lowest BCUT2D eigenvalue weighted by atomic mass is 9.53. The van der Waals surface area contributed by atoms with Crippen LogP contribution in [0.1, 0.15) is 48.9 Å². The highest BCUT2D eigenvalue weighted by atomic mass is 16.5. The zero-order valence-electron chi connectivity index (χ0n) is 14.6. The van der Waals surface area contributed by atoms with E-state index in [0.717, 1.165) is 43.3 Å². The highest BCUT2D eigenvalue weighted by Crippen LogP contribution is 2.55. The Hall–Kier alpha value is -2.04. The zero-order chi connectivity index (χ0) is 17.4. The van der Waals surface area contributed by atoms with E-state index in [9.17, 15) is 9.59 Å². The Kier molecular flexibility index (Phi) is 4.18. The SMILES string of the molecule is COc1ccc(OCC(=O)NC23CC4CC(CC(C4)C2)C3)c(C=O)c1. The fourth-order valence-electron chi connectivity index (χ4n) is 5.62. The smallest absolute Gasteiger partial charge is 0.258 e. The third-order valence-electron chi connectivity index (χ3n) is 6.15. The van der Waals surface area contributed by atoms with Crippen LogP contribution in [0.2, 0.25) is 0 Å². The van der Waals surface area contributed by atoms with Gasteiger partial charge in [0.25, 0.3) is 5.91 Å². The Morgan fingerprint density at radius 3 is 2.40 bits per heavy atom. The lowest BCUT2D eigenvalue weighted by Gasteiger charge is -2.56. The second-order valence-electron chi connectivity index (χ2n) is 8.06. The predicted octanol–water partition coefficient (Wildman–Crippen LogP) is 2.97. The number of ether oxygens (including phenoxy) is 2. The molecule has 4 bridgehead atoms. The number of nitrogens with one attached hydrogen (secondary N) is 1. The molecule has 0 aliphatic heterocycles. The highest BCUT2D eigenvalue weighted by Gasteiger charge is 2.51. The molecule has 0 unspecified atom stereocenters. The number of rotatable bonds is 6. The van der Waals surface area contributed by atoms with Crippen LogP contribution in [0, 0.1) is 17.8 Å². The van der Waals surface area contributed by atoms with Crippen LogP contribution in [0.5, 0.6) is 11.5 Å². The van der Waals surface area contributed by atoms with Gasteiger partial charge in [-0.2, -0.15) is 0 Å². The highest BCUT2D eigenvalue weighted by molar-refractivity contribution is 5.81. The fourth-order valence-corrected chi connectivity index (χ4v) is 5.62. The summed E-state index contributed by atoms with van der Waals surface area (Å²) in [5, 5.41) is 3.28. The summed E-state index contributed by atoms with van der Waals surface area (Å²) in [4.78, 5) is 23.7. The van der Waals surface area contributed by atoms with Crippen LogP contribution in [0.4, 0.5) is 0 Å². The van der Waals surface area contributed by atoms with Crippen molar-refractivity contribution in [1.29, 1.82) is 0 Å². The van der Waals surface area contributed by atoms with E-state index in [1.54, 1.807) is 25.3 Å². The second kappa shape index (κ2) is 6.36. The molecule has 0 heterocycles. The summed E-state index contributed by atoms with van der Waals surface area (Å²) in [5.41, 5.74) is 0.379. The van der Waals surface area contributed by atoms with Crippen molar-refractivity contribution in [2.75, 3.05) is 13.7 Å². The third kappa shape index (κ3) is 3.24. The minimum atomic E-state index is -0.0883. The molecular formula is C20H25NO4. The maximum Gasteiger partial charge on any atom is 0.258 e. The molecule has 1 N–H and O–H groups in total. The van der Waals surface area contributed by atoms with Gasteiger partial charge in [0.15, 0.2) is 12.9 Å². The lowest BCUT2D eigenvalue weighted by molar-refractivity contribution is -0.128. The standard InChI is InChI=1S/C20H25NO4/c1-24-17-2-3-18(16(7-17)11-22)25-12-19(23)21-20-8-13-4-14(9-20)6-15(5-13)10-20/h2-3,7,11,13-15H,4-6,8-10,12H2,1H3,(H,21,23). The Morgan fingerprint density at radius 1 is 1.20 bits per heavy atom. The molecule has 5 heteroatoms. The zero-order valence-corrected chi connectivity index (χ0v) is 14.6. The van der Waals surface area contributed by atoms with Gasteiger partial charge in [-0.3, -0.25) is 9.59 Å². The number of carbonyl (C=O) groups excluding carboxylic acids is 2. The van der Waals surface area contributed by atoms with E-state index in [1.165, 1.54) is 19.3 Å². The summed E-state index contributed by atoms with van der Waals surface area (Å²) in [5.74, 6) is 3.28. The molecular weight excluding hydrogens is 318 g/mol. The van der Waals surface area contributed by atoms with Gasteiger partial charge in [0.05, 0.1) is 12.7 Å². The fraction of sp³-hybridized carbons (Fsp3) is 0.600. The van der Waals surface area contributed by atoms with Gasteiger partial charge in [0, 0.05) is 5.54 Å². The van der Waals surface area contributed by atoms with Crippen molar-refractivity contribution in [2.24, 2.45) is 17.8 Å². The maximum atomic E-state index is 12.5. The minimum absolute atomic E-state index is 0.0113. The first-order chi connectivity index (χ1) is 12.1. The summed E-state index contributed by atoms with van der Waals surface area (Å²) in [6.07, 6.45) is 8.11. The summed E-state index contributed by atoms with van der Waals surface area (Å²) >= 11 is 0. The van der Waals surface area contributed by atoms with Crippen molar-refractivity contribution in [1.82, 2.24) is 5.32 Å². The first kappa shape index (κ1) is 16.4. The number of carbonyl (C=O) groups is 2. The topological polar surface area (TPSA) is 64.6 Å². The Balaban J connectivity index is 1.38. The van der Waals surface area contributed by atoms with E-state index in [0.29, 0.717) is 17.1 Å². The Morgan fingerprint density at radius 2 is 1.84 bits per heavy atom. The van der Waals surface area contributed by atoms with Crippen molar-refractivity contribution in [3.63, 3.8) is 0 Å². The molecule has 25 heavy (non-hydrogen) atoms. The van der Waals surface area contributed by atoms with E-state index in [2.05, 4.69) is 5.32 Å². The molecule has 1 amide bonds. The first-order valence-corrected chi connectivity index (χ1v) is 9.16. The Bertz CT molecular complexity index is 649. The average Bonchev–Trinajstić information content (AvgIpc) is 2.58. The number of hydrogen-bond donors (Lipinski definition) is 1. The quantitative estimate of drug-likeness (QED) is 0.807. The molecule has 0 spiro atoms. The van der Waals surface area contributed by atoms with Gasteiger partial charge in [-0.05, 0) is 74.5 Å². The first-order valence-electron chi connectivity index (χ1n) is 9.16. The molecule has 4 fully saturated rings. The summed E-state index contributed by atoms with van der Waals surface area (Å²) in [6.45, 7) is -0.0606. The van der Waals surface area contributed by atoms with Crippen LogP contribution in [0.15, 0.2) is 18.2 Å². The van der Waals surface area contributed by atoms with Gasteiger partial charge in [-0.15, -0.1) is 0 Å². The summed E-state index contributed by atoms with van der Waals surface area (Å²) in [6, 6.07) is 5.00. The van der Waals surface area contributed by atoms with Gasteiger partial charge in [-0.1, -0.05) is 0 Å². The van der Waals surface area contributed by atoms with Gasteiger partial charge in [0.1, 0.15) is 11.5 Å². The molecule has 0 aromatic heterocycles. The van der Waals surface area contributed by atoms with Gasteiger partial charge < -0.3 is 14.8 Å². The van der Waals surface area contributed by atoms with Gasteiger partial charge in [0.2, 0.25) is 0 Å². The van der Waals surface area contributed by atoms with Crippen LogP contribution in [-0.4, -0.2) is 31.4 Å². The second-order valence-corrected chi connectivity index (χ2v) is 8.06. The number of amides is 1. The van der Waals surface area contributed by atoms with Crippen molar-refractivity contribution in [3.05, 3.63) is 23.8 Å². The van der Waals surface area contributed by atoms with Crippen LogP contribution in [-0.2, 0) is 4.79 Å². The molecule has 1 aromatic carbocycles. The lowest BCUT2D eigenvalue weighted by Crippen LogP contribution is -2.60. The molecule has 0 atom stereocenters. The molecule has 0 radical (unpaired) electrons. The van der Waals surface area contributed by atoms with Crippen molar-refractivity contribution < 1.29 is 19.1 Å². The van der Waals surface area contributed by atoms with Crippen LogP contribution in [0.3, 0.4) is 0 Å². The molecule has 4 aliphatic rings. The van der Waals surface area contributed by atoms with E-state index >= 15 is 0 Å². The van der Waals surface area contributed by atoms with Crippen LogP contribution in [0.25, 0.3) is 0 Å². The van der Waals surface area contributed by atoms with E-state index in [-0.39, 0.29) is 18.1 Å². The molecule has 134 valence electrons. The molecule has 5 nitrogen and oxygen atoms in total. The van der Waals surface area contributed by atoms with Gasteiger partial charge >= 0.3 is 0 Å². The Labute approximate surface area is 148 Å². The van der Waals surface area contributed by atoms with E-state index in [4.69, 9.17) is 9.47 Å². The van der Waals surface area contributed by atoms with Gasteiger partial charge in [-0.25, -0.2) is 0 Å². The minimum Gasteiger partial charge on any atom is -0.497 e. The number of hydrogen-bond acceptors (Lipinski definition) is 4. The monoisotopic (exact) mass is 343 g/mol. The number of benzene rings is 1. The largest absolute Gasteiger partial charge is 0.497 e.